The van der Waals surface area contributed by atoms with E-state index in [4.69, 9.17) is 5.11 Å². The van der Waals surface area contributed by atoms with Crippen molar-refractivity contribution in [2.24, 2.45) is 0 Å². The molecule has 3 aromatic rings. The molecule has 0 saturated heterocycles. The molecule has 0 saturated carbocycles. The Labute approximate surface area is 170 Å². The lowest BCUT2D eigenvalue weighted by Crippen LogP contribution is -2.04. The summed E-state index contributed by atoms with van der Waals surface area (Å²) in [7, 11) is 0. The first-order chi connectivity index (χ1) is 14.1. The number of carboxylic acid groups (broad SMARTS) is 1. The Morgan fingerprint density at radius 2 is 1.62 bits per heavy atom. The van der Waals surface area contributed by atoms with Gasteiger partial charge in [0.1, 0.15) is 11.4 Å². The van der Waals surface area contributed by atoms with Gasteiger partial charge in [-0.15, -0.1) is 5.10 Å². The van der Waals surface area contributed by atoms with Gasteiger partial charge < -0.3 is 10.2 Å². The SMILES string of the molecule is O=C(O)c1cccc(-c2ccc(C(O)CCCCCCc3ccccc3)nn2)n1. The number of hydrogen-bond acceptors (Lipinski definition) is 5. The lowest BCUT2D eigenvalue weighted by atomic mass is 10.0. The van der Waals surface area contributed by atoms with Crippen LogP contribution in [-0.2, 0) is 6.42 Å². The number of aliphatic hydroxyl groups excluding tert-OH is 1. The highest BCUT2D eigenvalue weighted by atomic mass is 16.4. The van der Waals surface area contributed by atoms with E-state index in [0.717, 1.165) is 32.1 Å². The first kappa shape index (κ1) is 20.6. The molecule has 0 bridgehead atoms. The molecule has 0 radical (unpaired) electrons. The van der Waals surface area contributed by atoms with E-state index in [1.165, 1.54) is 11.6 Å². The summed E-state index contributed by atoms with van der Waals surface area (Å²) >= 11 is 0. The first-order valence-electron chi connectivity index (χ1n) is 9.90. The topological polar surface area (TPSA) is 96.2 Å². The summed E-state index contributed by atoms with van der Waals surface area (Å²) in [6.45, 7) is 0. The molecule has 0 amide bonds. The van der Waals surface area contributed by atoms with E-state index < -0.39 is 12.1 Å². The van der Waals surface area contributed by atoms with Gasteiger partial charge in [0.05, 0.1) is 17.5 Å². The van der Waals surface area contributed by atoms with Crippen LogP contribution in [0.3, 0.4) is 0 Å². The maximum atomic E-state index is 11.0. The van der Waals surface area contributed by atoms with Crippen LogP contribution in [0.1, 0.15) is 60.0 Å². The van der Waals surface area contributed by atoms with Gasteiger partial charge in [-0.05, 0) is 49.1 Å². The number of aliphatic hydroxyl groups is 1. The van der Waals surface area contributed by atoms with E-state index in [1.807, 2.05) is 6.07 Å². The normalized spacial score (nSPS) is 11.9. The van der Waals surface area contributed by atoms with Gasteiger partial charge in [-0.25, -0.2) is 9.78 Å². The number of aromatic carboxylic acids is 1. The zero-order chi connectivity index (χ0) is 20.5. The molecule has 0 aliphatic heterocycles. The summed E-state index contributed by atoms with van der Waals surface area (Å²) in [5.41, 5.74) is 2.76. The number of aromatic nitrogens is 3. The van der Waals surface area contributed by atoms with Gasteiger partial charge in [0.15, 0.2) is 0 Å². The molecule has 1 aromatic carbocycles. The van der Waals surface area contributed by atoms with Gasteiger partial charge >= 0.3 is 5.97 Å². The summed E-state index contributed by atoms with van der Waals surface area (Å²) in [5.74, 6) is -1.09. The summed E-state index contributed by atoms with van der Waals surface area (Å²) in [6.07, 6.45) is 5.38. The summed E-state index contributed by atoms with van der Waals surface area (Å²) < 4.78 is 0. The Kier molecular flexibility index (Phi) is 7.41. The fraction of sp³-hybridized carbons (Fsp3) is 0.304. The highest BCUT2D eigenvalue weighted by Gasteiger charge is 2.12. The maximum absolute atomic E-state index is 11.0. The number of benzene rings is 1. The van der Waals surface area contributed by atoms with Gasteiger partial charge in [-0.1, -0.05) is 55.7 Å². The zero-order valence-electron chi connectivity index (χ0n) is 16.2. The van der Waals surface area contributed by atoms with E-state index >= 15 is 0 Å². The fourth-order valence-electron chi connectivity index (χ4n) is 3.17. The Bertz CT molecular complexity index is 914. The van der Waals surface area contributed by atoms with Crippen LogP contribution in [0, 0.1) is 0 Å². The van der Waals surface area contributed by atoms with E-state index in [1.54, 1.807) is 24.3 Å². The van der Waals surface area contributed by atoms with E-state index in [9.17, 15) is 9.90 Å². The van der Waals surface area contributed by atoms with Crippen LogP contribution in [0.15, 0.2) is 60.7 Å². The average molecular weight is 391 g/mol. The molecule has 2 N–H and O–H groups in total. The minimum Gasteiger partial charge on any atom is -0.477 e. The molecule has 1 unspecified atom stereocenters. The third kappa shape index (κ3) is 6.19. The molecule has 3 rings (SSSR count). The van der Waals surface area contributed by atoms with Gasteiger partial charge in [-0.2, -0.15) is 5.10 Å². The minimum atomic E-state index is -1.09. The smallest absolute Gasteiger partial charge is 0.354 e. The van der Waals surface area contributed by atoms with Crippen molar-refractivity contribution in [2.75, 3.05) is 0 Å². The Balaban J connectivity index is 1.43. The predicted octanol–water partition coefficient (Wildman–Crippen LogP) is 4.46. The first-order valence-corrected chi connectivity index (χ1v) is 9.90. The molecule has 150 valence electrons. The Morgan fingerprint density at radius 1 is 0.828 bits per heavy atom. The van der Waals surface area contributed by atoms with Crippen LogP contribution in [0.25, 0.3) is 11.4 Å². The van der Waals surface area contributed by atoms with E-state index in [0.29, 0.717) is 23.5 Å². The van der Waals surface area contributed by atoms with Crippen molar-refractivity contribution in [1.82, 2.24) is 15.2 Å². The van der Waals surface area contributed by atoms with E-state index in [2.05, 4.69) is 39.4 Å². The van der Waals surface area contributed by atoms with Crippen molar-refractivity contribution in [3.05, 3.63) is 77.6 Å². The van der Waals surface area contributed by atoms with Crippen LogP contribution >= 0.6 is 0 Å². The number of hydrogen-bond donors (Lipinski definition) is 2. The Morgan fingerprint density at radius 3 is 2.34 bits per heavy atom. The average Bonchev–Trinajstić information content (AvgIpc) is 2.77. The zero-order valence-corrected chi connectivity index (χ0v) is 16.2. The molecule has 29 heavy (non-hydrogen) atoms. The lowest BCUT2D eigenvalue weighted by molar-refractivity contribution is 0.0690. The fourth-order valence-corrected chi connectivity index (χ4v) is 3.17. The van der Waals surface area contributed by atoms with Gasteiger partial charge in [0.25, 0.3) is 0 Å². The molecule has 0 fully saturated rings. The van der Waals surface area contributed by atoms with Crippen LogP contribution in [-0.4, -0.2) is 31.4 Å². The van der Waals surface area contributed by atoms with Crippen LogP contribution in [0.2, 0.25) is 0 Å². The molecular weight excluding hydrogens is 366 g/mol. The highest BCUT2D eigenvalue weighted by Crippen LogP contribution is 2.20. The van der Waals surface area contributed by atoms with Crippen molar-refractivity contribution in [3.63, 3.8) is 0 Å². The van der Waals surface area contributed by atoms with Crippen LogP contribution < -0.4 is 0 Å². The third-order valence-electron chi connectivity index (χ3n) is 4.79. The number of nitrogens with zero attached hydrogens (tertiary/aromatic N) is 3. The number of rotatable bonds is 10. The lowest BCUT2D eigenvalue weighted by Gasteiger charge is -2.10. The van der Waals surface area contributed by atoms with Gasteiger partial charge in [0, 0.05) is 0 Å². The van der Waals surface area contributed by atoms with Crippen molar-refractivity contribution in [3.8, 4) is 11.4 Å². The number of pyridine rings is 1. The second-order valence-electron chi connectivity index (χ2n) is 7.01. The monoisotopic (exact) mass is 391 g/mol. The van der Waals surface area contributed by atoms with Gasteiger partial charge in [-0.3, -0.25) is 0 Å². The molecule has 0 aliphatic rings. The summed E-state index contributed by atoms with van der Waals surface area (Å²) in [6, 6.07) is 18.6. The molecule has 1 atom stereocenters. The Hall–Kier alpha value is -3.12. The third-order valence-corrected chi connectivity index (χ3v) is 4.79. The second kappa shape index (κ2) is 10.4. The highest BCUT2D eigenvalue weighted by molar-refractivity contribution is 5.85. The van der Waals surface area contributed by atoms with Crippen molar-refractivity contribution >= 4 is 5.97 Å². The van der Waals surface area contributed by atoms with Crippen LogP contribution in [0.5, 0.6) is 0 Å². The largest absolute Gasteiger partial charge is 0.477 e. The second-order valence-corrected chi connectivity index (χ2v) is 7.01. The van der Waals surface area contributed by atoms with Crippen LogP contribution in [0.4, 0.5) is 0 Å². The quantitative estimate of drug-likeness (QED) is 0.495. The van der Waals surface area contributed by atoms with Gasteiger partial charge in [0.2, 0.25) is 0 Å². The number of aryl methyl sites for hydroxylation is 1. The molecule has 0 spiro atoms. The number of carbonyl (C=O) groups is 1. The molecule has 2 heterocycles. The predicted molar refractivity (Wildman–Crippen MR) is 110 cm³/mol. The van der Waals surface area contributed by atoms with Crippen molar-refractivity contribution in [2.45, 2.75) is 44.6 Å². The summed E-state index contributed by atoms with van der Waals surface area (Å²) in [4.78, 5) is 15.1. The minimum absolute atomic E-state index is 0.0410. The maximum Gasteiger partial charge on any atom is 0.354 e. The van der Waals surface area contributed by atoms with E-state index in [-0.39, 0.29) is 5.69 Å². The van der Waals surface area contributed by atoms with Crippen molar-refractivity contribution in [1.29, 1.82) is 0 Å². The molecule has 6 nitrogen and oxygen atoms in total. The molecule has 2 aromatic heterocycles. The molecule has 0 aliphatic carbocycles. The standard InChI is InChI=1S/C23H25N3O3/c27-22(14-7-2-1-4-9-17-10-5-3-6-11-17)20-16-15-19(25-26-20)18-12-8-13-21(24-18)23(28)29/h3,5-6,8,10-13,15-16,22,27H,1-2,4,7,9,14H2,(H,28,29). The number of carboxylic acids is 1. The summed E-state index contributed by atoms with van der Waals surface area (Å²) in [5, 5.41) is 27.6. The van der Waals surface area contributed by atoms with Crippen molar-refractivity contribution < 1.29 is 15.0 Å². The molecular formula is C23H25N3O3. The number of unbranched alkanes of at least 4 members (excludes halogenated alkanes) is 3. The molecule has 6 heteroatoms.